The van der Waals surface area contributed by atoms with E-state index in [4.69, 9.17) is 5.26 Å². The van der Waals surface area contributed by atoms with Crippen molar-refractivity contribution in [1.29, 1.82) is 0 Å². The molecule has 68 valence electrons. The molecule has 0 aromatic carbocycles. The molecule has 0 aromatic rings. The molecule has 11 heavy (non-hydrogen) atoms. The van der Waals surface area contributed by atoms with Gasteiger partial charge in [0.2, 0.25) is 0 Å². The lowest BCUT2D eigenvalue weighted by atomic mass is 14.6. The van der Waals surface area contributed by atoms with E-state index < -0.39 is 21.4 Å². The van der Waals surface area contributed by atoms with Crippen molar-refractivity contribution in [2.24, 2.45) is 0 Å². The van der Waals surface area contributed by atoms with E-state index in [9.17, 15) is 16.8 Å². The summed E-state index contributed by atoms with van der Waals surface area (Å²) in [4.78, 5) is 0. The molecule has 0 aliphatic carbocycles. The zero-order valence-electron chi connectivity index (χ0n) is 4.57. The van der Waals surface area contributed by atoms with Crippen LogP contribution in [0.2, 0.25) is 0 Å². The first kappa shape index (κ1) is 10.7. The number of rotatable bonds is 5. The summed E-state index contributed by atoms with van der Waals surface area (Å²) in [6, 6.07) is 0. The van der Waals surface area contributed by atoms with Gasteiger partial charge in [0.1, 0.15) is 0 Å². The molecule has 0 spiro atoms. The van der Waals surface area contributed by atoms with E-state index in [0.717, 1.165) is 0 Å². The highest BCUT2D eigenvalue weighted by Crippen LogP contribution is 1.95. The monoisotopic (exact) mass is 210 g/mol. The Morgan fingerprint density at radius 1 is 1.18 bits per heavy atom. The Balaban J connectivity index is 3.93. The van der Waals surface area contributed by atoms with E-state index in [2.05, 4.69) is 18.0 Å². The van der Waals surface area contributed by atoms with E-state index in [-0.39, 0.29) is 0 Å². The maximum absolute atomic E-state index is 10.0. The van der Waals surface area contributed by atoms with Gasteiger partial charge in [0.05, 0.1) is 0 Å². The lowest BCUT2D eigenvalue weighted by Gasteiger charge is -1.94. The highest BCUT2D eigenvalue weighted by atomic mass is 32.3. The SMILES string of the molecule is O=[SH](=O)OOS(=O)(=O)OOO. The first-order chi connectivity index (χ1) is 4.98. The van der Waals surface area contributed by atoms with Gasteiger partial charge in [-0.3, -0.25) is 0 Å². The fourth-order valence-electron chi connectivity index (χ4n) is 0.111. The minimum atomic E-state index is -4.80. The first-order valence-corrected chi connectivity index (χ1v) is 4.16. The second kappa shape index (κ2) is 4.55. The van der Waals surface area contributed by atoms with E-state index in [1.54, 1.807) is 0 Å². The normalized spacial score (nSPS) is 12.2. The molecule has 0 bridgehead atoms. The van der Waals surface area contributed by atoms with Crippen LogP contribution in [0.25, 0.3) is 0 Å². The summed E-state index contributed by atoms with van der Waals surface area (Å²) in [7, 11) is -8.30. The number of thiol groups is 1. The van der Waals surface area contributed by atoms with Gasteiger partial charge < -0.3 is 0 Å². The predicted molar refractivity (Wildman–Crippen MR) is 26.2 cm³/mol. The van der Waals surface area contributed by atoms with Crippen LogP contribution >= 0.6 is 0 Å². The summed E-state index contributed by atoms with van der Waals surface area (Å²) in [5.41, 5.74) is 0. The maximum Gasteiger partial charge on any atom is 0.456 e. The maximum atomic E-state index is 10.0. The van der Waals surface area contributed by atoms with E-state index in [1.165, 1.54) is 0 Å². The molecule has 0 unspecified atom stereocenters. The van der Waals surface area contributed by atoms with Crippen molar-refractivity contribution in [2.45, 2.75) is 0 Å². The minimum Gasteiger partial charge on any atom is -0.220 e. The Morgan fingerprint density at radius 3 is 2.09 bits per heavy atom. The Bertz CT molecular complexity index is 245. The van der Waals surface area contributed by atoms with Gasteiger partial charge in [0.25, 0.3) is 11.0 Å². The Kier molecular flexibility index (Phi) is 4.43. The summed E-state index contributed by atoms with van der Waals surface area (Å²) >= 11 is 0. The topological polar surface area (TPSA) is 125 Å². The molecule has 0 amide bonds. The second-order valence-corrected chi connectivity index (χ2v) is 2.60. The van der Waals surface area contributed by atoms with Gasteiger partial charge in [0, 0.05) is 0 Å². The Labute approximate surface area is 62.3 Å². The van der Waals surface area contributed by atoms with Gasteiger partial charge in [-0.2, -0.15) is 8.42 Å². The average Bonchev–Trinajstić information content (AvgIpc) is 1.84. The van der Waals surface area contributed by atoms with Crippen molar-refractivity contribution < 1.29 is 40.1 Å². The van der Waals surface area contributed by atoms with Crippen LogP contribution in [0.4, 0.5) is 0 Å². The predicted octanol–water partition coefficient (Wildman–Crippen LogP) is -1.87. The largest absolute Gasteiger partial charge is 0.456 e. The van der Waals surface area contributed by atoms with Crippen LogP contribution in [0, 0.1) is 0 Å². The zero-order chi connectivity index (χ0) is 8.91. The van der Waals surface area contributed by atoms with Crippen LogP contribution in [0.15, 0.2) is 0 Å². The van der Waals surface area contributed by atoms with Crippen LogP contribution in [0.5, 0.6) is 0 Å². The molecular weight excluding hydrogens is 208 g/mol. The molecule has 0 aliphatic heterocycles. The van der Waals surface area contributed by atoms with Crippen LogP contribution in [0.1, 0.15) is 0 Å². The van der Waals surface area contributed by atoms with Gasteiger partial charge in [-0.15, -0.1) is 0 Å². The fraction of sp³-hybridized carbons (Fsp3) is 0. The molecule has 0 rings (SSSR count). The zero-order valence-corrected chi connectivity index (χ0v) is 6.28. The summed E-state index contributed by atoms with van der Waals surface area (Å²) < 4.78 is 48.3. The van der Waals surface area contributed by atoms with Crippen molar-refractivity contribution in [3.63, 3.8) is 0 Å². The first-order valence-electron chi connectivity index (χ1n) is 1.73. The molecule has 0 fully saturated rings. The van der Waals surface area contributed by atoms with Crippen LogP contribution < -0.4 is 0 Å². The summed E-state index contributed by atoms with van der Waals surface area (Å²) in [5, 5.41) is 10.0. The smallest absolute Gasteiger partial charge is 0.220 e. The summed E-state index contributed by atoms with van der Waals surface area (Å²) in [6.45, 7) is 0. The second-order valence-electron chi connectivity index (χ2n) is 0.917. The van der Waals surface area contributed by atoms with Gasteiger partial charge in [0.15, 0.2) is 0 Å². The highest BCUT2D eigenvalue weighted by Gasteiger charge is 2.15. The highest BCUT2D eigenvalue weighted by molar-refractivity contribution is 7.82. The average molecular weight is 210 g/mol. The fourth-order valence-corrected chi connectivity index (χ4v) is 0.705. The van der Waals surface area contributed by atoms with Crippen LogP contribution in [-0.4, -0.2) is 22.1 Å². The van der Waals surface area contributed by atoms with Gasteiger partial charge >= 0.3 is 10.4 Å². The standard InChI is InChI=1S/H2O9S2/c1-6-8-11(4,5)9-7-10(2)3/h1,10H. The Morgan fingerprint density at radius 2 is 1.73 bits per heavy atom. The summed E-state index contributed by atoms with van der Waals surface area (Å²) in [6.07, 6.45) is 0. The van der Waals surface area contributed by atoms with Crippen molar-refractivity contribution >= 4 is 21.4 Å². The molecule has 0 aromatic heterocycles. The van der Waals surface area contributed by atoms with E-state index >= 15 is 0 Å². The third kappa shape index (κ3) is 6.11. The number of hydrogen-bond acceptors (Lipinski definition) is 9. The molecule has 0 atom stereocenters. The van der Waals surface area contributed by atoms with Crippen LogP contribution in [-0.2, 0) is 39.4 Å². The molecule has 0 saturated carbocycles. The van der Waals surface area contributed by atoms with Gasteiger partial charge in [-0.05, 0) is 0 Å². The van der Waals surface area contributed by atoms with Crippen molar-refractivity contribution in [3.8, 4) is 0 Å². The Hall–Kier alpha value is -0.300. The lowest BCUT2D eigenvalue weighted by molar-refractivity contribution is -0.442. The van der Waals surface area contributed by atoms with Crippen molar-refractivity contribution in [3.05, 3.63) is 0 Å². The molecular formula is H2O9S2. The van der Waals surface area contributed by atoms with E-state index in [1.807, 2.05) is 0 Å². The molecule has 1 N–H and O–H groups in total. The van der Waals surface area contributed by atoms with Crippen molar-refractivity contribution in [2.75, 3.05) is 0 Å². The minimum absolute atomic E-state index is 2.65. The molecule has 9 nitrogen and oxygen atoms in total. The van der Waals surface area contributed by atoms with Crippen molar-refractivity contribution in [1.82, 2.24) is 0 Å². The quantitative estimate of drug-likeness (QED) is 0.304. The van der Waals surface area contributed by atoms with Gasteiger partial charge in [-0.25, -0.2) is 13.7 Å². The molecule has 0 radical (unpaired) electrons. The number of hydrogen-bond donors (Lipinski definition) is 2. The third-order valence-corrected chi connectivity index (χ3v) is 1.05. The molecule has 0 aliphatic rings. The molecule has 0 heterocycles. The molecule has 11 heteroatoms. The lowest BCUT2D eigenvalue weighted by Crippen LogP contribution is -2.09. The van der Waals surface area contributed by atoms with Crippen LogP contribution in [0.3, 0.4) is 0 Å². The van der Waals surface area contributed by atoms with Gasteiger partial charge in [-0.1, -0.05) is 18.0 Å². The van der Waals surface area contributed by atoms with E-state index in [0.29, 0.717) is 0 Å². The third-order valence-electron chi connectivity index (χ3n) is 0.288. The summed E-state index contributed by atoms with van der Waals surface area (Å²) in [5.74, 6) is 0. The molecule has 0 saturated heterocycles.